The van der Waals surface area contributed by atoms with Crippen LogP contribution in [0.15, 0.2) is 54.6 Å². The fourth-order valence-corrected chi connectivity index (χ4v) is 4.70. The summed E-state index contributed by atoms with van der Waals surface area (Å²) in [7, 11) is 0.872. The molecule has 0 aliphatic heterocycles. The standard InChI is InChI=1S/C28H34F3NO6/c1-3-36-26(34)32-17-18-37-23-15-13-20(14-16-23)19-21-9-7-8-12-24(21)38-25(33)27(35-2,28(29,30)31)22-10-5-4-6-11-22/h4-6,10-11,13-16,21,24H,3,7-9,12,17-19H2,1-2H3,(H,32,34)/t21-,24-,27+/m0/s1. The number of benzene rings is 2. The highest BCUT2D eigenvalue weighted by Gasteiger charge is 2.64. The lowest BCUT2D eigenvalue weighted by atomic mass is 9.82. The van der Waals surface area contributed by atoms with E-state index >= 15 is 0 Å². The summed E-state index contributed by atoms with van der Waals surface area (Å²) in [6.45, 7) is 2.56. The summed E-state index contributed by atoms with van der Waals surface area (Å²) in [6.07, 6.45) is -2.76. The Labute approximate surface area is 220 Å². The zero-order chi connectivity index (χ0) is 27.6. The molecule has 0 saturated heterocycles. The topological polar surface area (TPSA) is 83.1 Å². The molecule has 3 rings (SSSR count). The van der Waals surface area contributed by atoms with Crippen molar-refractivity contribution in [3.05, 3.63) is 65.7 Å². The predicted molar refractivity (Wildman–Crippen MR) is 134 cm³/mol. The summed E-state index contributed by atoms with van der Waals surface area (Å²) in [5.41, 5.74) is -2.57. The molecular weight excluding hydrogens is 503 g/mol. The van der Waals surface area contributed by atoms with Gasteiger partial charge < -0.3 is 24.3 Å². The average Bonchev–Trinajstić information content (AvgIpc) is 2.89. The molecule has 1 aliphatic carbocycles. The molecule has 1 N–H and O–H groups in total. The first kappa shape index (κ1) is 29.3. The fraction of sp³-hybridized carbons (Fsp3) is 0.500. The van der Waals surface area contributed by atoms with Crippen molar-refractivity contribution in [3.63, 3.8) is 0 Å². The molecule has 1 amide bonds. The van der Waals surface area contributed by atoms with Crippen molar-refractivity contribution in [2.45, 2.75) is 56.9 Å². The van der Waals surface area contributed by atoms with Crippen LogP contribution in [0.1, 0.15) is 43.7 Å². The molecule has 1 aliphatic rings. The van der Waals surface area contributed by atoms with Gasteiger partial charge in [-0.1, -0.05) is 48.9 Å². The highest BCUT2D eigenvalue weighted by Crippen LogP contribution is 2.44. The number of rotatable bonds is 11. The number of halogens is 3. The maximum absolute atomic E-state index is 14.3. The van der Waals surface area contributed by atoms with Gasteiger partial charge in [-0.2, -0.15) is 13.2 Å². The first-order valence-electron chi connectivity index (χ1n) is 12.7. The predicted octanol–water partition coefficient (Wildman–Crippen LogP) is 5.56. The minimum absolute atomic E-state index is 0.133. The van der Waals surface area contributed by atoms with Gasteiger partial charge >= 0.3 is 18.2 Å². The molecule has 0 radical (unpaired) electrons. The van der Waals surface area contributed by atoms with Crippen molar-refractivity contribution in [3.8, 4) is 5.75 Å². The maximum Gasteiger partial charge on any atom is 0.432 e. The van der Waals surface area contributed by atoms with Crippen molar-refractivity contribution in [1.29, 1.82) is 0 Å². The molecule has 3 atom stereocenters. The van der Waals surface area contributed by atoms with Crippen LogP contribution in [0.5, 0.6) is 5.75 Å². The fourth-order valence-electron chi connectivity index (χ4n) is 4.70. The summed E-state index contributed by atoms with van der Waals surface area (Å²) in [5, 5.41) is 2.57. The Balaban J connectivity index is 1.64. The Hall–Kier alpha value is -3.27. The Bertz CT molecular complexity index is 1030. The lowest BCUT2D eigenvalue weighted by Gasteiger charge is -2.37. The highest BCUT2D eigenvalue weighted by atomic mass is 19.4. The molecule has 0 aromatic heterocycles. The first-order chi connectivity index (χ1) is 18.2. The number of carbonyl (C=O) groups excluding carboxylic acids is 2. The second-order valence-electron chi connectivity index (χ2n) is 9.08. The van der Waals surface area contributed by atoms with Crippen molar-refractivity contribution >= 4 is 12.1 Å². The normalized spacial score (nSPS) is 19.2. The number of carbonyl (C=O) groups is 2. The van der Waals surface area contributed by atoms with E-state index in [-0.39, 0.29) is 24.7 Å². The van der Waals surface area contributed by atoms with Crippen LogP contribution in [0, 0.1) is 5.92 Å². The third kappa shape index (κ3) is 7.18. The van der Waals surface area contributed by atoms with Gasteiger partial charge in [0.05, 0.1) is 13.2 Å². The number of ether oxygens (including phenoxy) is 4. The van der Waals surface area contributed by atoms with Gasteiger partial charge in [0.2, 0.25) is 0 Å². The van der Waals surface area contributed by atoms with Crippen LogP contribution in [0.2, 0.25) is 0 Å². The molecule has 7 nitrogen and oxygen atoms in total. The van der Waals surface area contributed by atoms with Crippen LogP contribution in [0.4, 0.5) is 18.0 Å². The largest absolute Gasteiger partial charge is 0.492 e. The van der Waals surface area contributed by atoms with E-state index in [2.05, 4.69) is 5.32 Å². The maximum atomic E-state index is 14.3. The van der Waals surface area contributed by atoms with Crippen LogP contribution in [0.25, 0.3) is 0 Å². The summed E-state index contributed by atoms with van der Waals surface area (Å²) in [4.78, 5) is 24.4. The van der Waals surface area contributed by atoms with Crippen LogP contribution in [0.3, 0.4) is 0 Å². The molecule has 0 spiro atoms. The Morgan fingerprint density at radius 1 is 1.00 bits per heavy atom. The molecular formula is C28H34F3NO6. The number of methoxy groups -OCH3 is 1. The number of amides is 1. The van der Waals surface area contributed by atoms with Crippen LogP contribution < -0.4 is 10.1 Å². The number of nitrogens with one attached hydrogen (secondary N) is 1. The van der Waals surface area contributed by atoms with Gasteiger partial charge in [-0.3, -0.25) is 0 Å². The van der Waals surface area contributed by atoms with E-state index in [0.29, 0.717) is 25.1 Å². The van der Waals surface area contributed by atoms with Crippen molar-refractivity contribution in [2.75, 3.05) is 26.9 Å². The Morgan fingerprint density at radius 3 is 2.32 bits per heavy atom. The van der Waals surface area contributed by atoms with Crippen molar-refractivity contribution in [2.24, 2.45) is 5.92 Å². The van der Waals surface area contributed by atoms with E-state index in [9.17, 15) is 22.8 Å². The first-order valence-corrected chi connectivity index (χ1v) is 12.7. The number of alkyl carbamates (subject to hydrolysis) is 1. The molecule has 0 unspecified atom stereocenters. The zero-order valence-corrected chi connectivity index (χ0v) is 21.6. The molecule has 2 aromatic rings. The molecule has 208 valence electrons. The molecule has 0 heterocycles. The van der Waals surface area contributed by atoms with E-state index in [1.54, 1.807) is 25.1 Å². The van der Waals surface area contributed by atoms with E-state index in [1.807, 2.05) is 12.1 Å². The van der Waals surface area contributed by atoms with Crippen LogP contribution in [-0.4, -0.2) is 51.2 Å². The van der Waals surface area contributed by atoms with Crippen LogP contribution in [-0.2, 0) is 31.0 Å². The second-order valence-corrected chi connectivity index (χ2v) is 9.08. The SMILES string of the molecule is CCOC(=O)NCCOc1ccc(C[C@@H]2CCCC[C@@H]2OC(=O)[C@](OC)(c2ccccc2)C(F)(F)F)cc1. The molecule has 38 heavy (non-hydrogen) atoms. The average molecular weight is 538 g/mol. The van der Waals surface area contributed by atoms with Gasteiger partial charge in [0, 0.05) is 12.7 Å². The zero-order valence-electron chi connectivity index (χ0n) is 21.6. The number of hydrogen-bond acceptors (Lipinski definition) is 6. The van der Waals surface area contributed by atoms with Gasteiger partial charge in [-0.05, 0) is 56.2 Å². The quantitative estimate of drug-likeness (QED) is 0.299. The number of alkyl halides is 3. The monoisotopic (exact) mass is 537 g/mol. The van der Waals surface area contributed by atoms with Gasteiger partial charge in [0.15, 0.2) is 0 Å². The lowest BCUT2D eigenvalue weighted by molar-refractivity contribution is -0.279. The van der Waals surface area contributed by atoms with Gasteiger partial charge in [0.1, 0.15) is 18.5 Å². The Kier molecular flexibility index (Phi) is 10.4. The third-order valence-electron chi connectivity index (χ3n) is 6.61. The molecule has 2 aromatic carbocycles. The molecule has 1 saturated carbocycles. The summed E-state index contributed by atoms with van der Waals surface area (Å²) >= 11 is 0. The molecule has 0 bridgehead atoms. The Morgan fingerprint density at radius 2 is 1.68 bits per heavy atom. The van der Waals surface area contributed by atoms with Crippen molar-refractivity contribution in [1.82, 2.24) is 5.32 Å². The van der Waals surface area contributed by atoms with Crippen molar-refractivity contribution < 1.29 is 41.7 Å². The molecule has 10 heteroatoms. The second kappa shape index (κ2) is 13.5. The van der Waals surface area contributed by atoms with Gasteiger partial charge in [-0.15, -0.1) is 0 Å². The minimum atomic E-state index is -5.01. The van der Waals surface area contributed by atoms with Gasteiger partial charge in [0.25, 0.3) is 5.60 Å². The van der Waals surface area contributed by atoms with Crippen LogP contribution >= 0.6 is 0 Å². The van der Waals surface area contributed by atoms with Gasteiger partial charge in [-0.25, -0.2) is 9.59 Å². The van der Waals surface area contributed by atoms with E-state index < -0.39 is 29.9 Å². The minimum Gasteiger partial charge on any atom is -0.492 e. The number of esters is 1. The van der Waals surface area contributed by atoms with E-state index in [4.69, 9.17) is 18.9 Å². The van der Waals surface area contributed by atoms with E-state index in [0.717, 1.165) is 31.9 Å². The van der Waals surface area contributed by atoms with E-state index in [1.165, 1.54) is 24.3 Å². The smallest absolute Gasteiger partial charge is 0.432 e. The summed E-state index contributed by atoms with van der Waals surface area (Å²) < 4.78 is 63.7. The summed E-state index contributed by atoms with van der Waals surface area (Å²) in [6, 6.07) is 14.2. The third-order valence-corrected chi connectivity index (χ3v) is 6.61. The highest BCUT2D eigenvalue weighted by molar-refractivity contribution is 5.83. The molecule has 1 fully saturated rings. The number of hydrogen-bond donors (Lipinski definition) is 1. The lowest BCUT2D eigenvalue weighted by Crippen LogP contribution is -2.53. The summed E-state index contributed by atoms with van der Waals surface area (Å²) in [5.74, 6) is -0.966.